The van der Waals surface area contributed by atoms with Crippen molar-refractivity contribution < 1.29 is 4.39 Å². The molecule has 2 aromatic heterocycles. The van der Waals surface area contributed by atoms with E-state index in [1.807, 2.05) is 0 Å². The van der Waals surface area contributed by atoms with E-state index >= 15 is 0 Å². The molecule has 0 aliphatic carbocycles. The van der Waals surface area contributed by atoms with Crippen LogP contribution in [-0.2, 0) is 0 Å². The summed E-state index contributed by atoms with van der Waals surface area (Å²) in [5, 5.41) is 3.68. The molecule has 2 aromatic rings. The molecule has 0 bridgehead atoms. The van der Waals surface area contributed by atoms with Crippen molar-refractivity contribution in [3.63, 3.8) is 0 Å². The first-order chi connectivity index (χ1) is 5.29. The van der Waals surface area contributed by atoms with Gasteiger partial charge in [0.2, 0.25) is 5.95 Å². The molecule has 0 saturated carbocycles. The molecule has 0 saturated heterocycles. The molecule has 0 unspecified atom stereocenters. The molecule has 0 aliphatic heterocycles. The van der Waals surface area contributed by atoms with Gasteiger partial charge >= 0.3 is 0 Å². The van der Waals surface area contributed by atoms with Gasteiger partial charge in [-0.15, -0.1) is 5.10 Å². The summed E-state index contributed by atoms with van der Waals surface area (Å²) in [6.07, 6.45) is 1.53. The lowest BCUT2D eigenvalue weighted by Crippen LogP contribution is -1.83. The number of hydrogen-bond acceptors (Lipinski definition) is 2. The predicted octanol–water partition coefficient (Wildman–Crippen LogP) is 1.57. The van der Waals surface area contributed by atoms with Crippen molar-refractivity contribution in [1.29, 1.82) is 0 Å². The minimum atomic E-state index is -0.594. The second-order valence-electron chi connectivity index (χ2n) is 2.03. The average molecular weight is 172 g/mol. The van der Waals surface area contributed by atoms with Crippen LogP contribution < -0.4 is 0 Å². The van der Waals surface area contributed by atoms with E-state index in [1.165, 1.54) is 6.20 Å². The molecule has 2 rings (SSSR count). The first-order valence-electron chi connectivity index (χ1n) is 2.94. The van der Waals surface area contributed by atoms with Gasteiger partial charge in [0.05, 0.1) is 5.39 Å². The molecule has 2 heterocycles. The van der Waals surface area contributed by atoms with Gasteiger partial charge in [0, 0.05) is 18.0 Å². The lowest BCUT2D eigenvalue weighted by Gasteiger charge is -1.85. The Kier molecular flexibility index (Phi) is 1.29. The number of hydrogen-bond donors (Lipinski definition) is 0. The number of pyridine rings is 1. The summed E-state index contributed by atoms with van der Waals surface area (Å²) in [5.41, 5.74) is 0.340. The van der Waals surface area contributed by atoms with Crippen LogP contribution in [0.4, 0.5) is 4.39 Å². The molecular weight excluding hydrogens is 169 g/mol. The number of halogens is 2. The summed E-state index contributed by atoms with van der Waals surface area (Å²) in [4.78, 5) is 3.83. The summed E-state index contributed by atoms with van der Waals surface area (Å²) in [6.45, 7) is 0. The lowest BCUT2D eigenvalue weighted by atomic mass is 10.4. The van der Waals surface area contributed by atoms with Gasteiger partial charge in [0.25, 0.3) is 0 Å². The molecule has 3 nitrogen and oxygen atoms in total. The Balaban J connectivity index is 2.95. The number of aromatic nitrogens is 3. The van der Waals surface area contributed by atoms with Crippen LogP contribution >= 0.6 is 11.8 Å². The van der Waals surface area contributed by atoms with Gasteiger partial charge in [0.1, 0.15) is 0 Å². The Morgan fingerprint density at radius 1 is 1.55 bits per heavy atom. The third-order valence-electron chi connectivity index (χ3n) is 1.36. The minimum absolute atomic E-state index is 0.336. The van der Waals surface area contributed by atoms with E-state index in [1.54, 1.807) is 12.1 Å². The largest absolute Gasteiger partial charge is 0.243 e. The maximum Gasteiger partial charge on any atom is 0.243 e. The molecule has 0 spiro atoms. The Hall–Kier alpha value is -1.16. The predicted molar refractivity (Wildman–Crippen MR) is 38.7 cm³/mol. The smallest absolute Gasteiger partial charge is 0.236 e. The van der Waals surface area contributed by atoms with E-state index in [-0.39, 0.29) is 0 Å². The standard InChI is InChI=1S/C6H3ClFN3/c7-11-6-4(5(8)10-11)2-1-3-9-6/h1-3H. The third kappa shape index (κ3) is 0.867. The highest BCUT2D eigenvalue weighted by Gasteiger charge is 2.07. The molecule has 0 aromatic carbocycles. The molecule has 5 heteroatoms. The molecule has 0 radical (unpaired) electrons. The van der Waals surface area contributed by atoms with E-state index < -0.39 is 5.95 Å². The summed E-state index contributed by atoms with van der Waals surface area (Å²) in [7, 11) is 0. The fraction of sp³-hybridized carbons (Fsp3) is 0. The van der Waals surface area contributed by atoms with Crippen LogP contribution in [0.5, 0.6) is 0 Å². The zero-order valence-corrected chi connectivity index (χ0v) is 6.09. The summed E-state index contributed by atoms with van der Waals surface area (Å²) in [5.74, 6) is -0.594. The van der Waals surface area contributed by atoms with Crippen molar-refractivity contribution in [3.05, 3.63) is 24.3 Å². The van der Waals surface area contributed by atoms with E-state index in [0.717, 1.165) is 4.20 Å². The SMILES string of the molecule is Fc1nn(Cl)c2ncccc12. The average Bonchev–Trinajstić information content (AvgIpc) is 2.30. The minimum Gasteiger partial charge on any atom is -0.236 e. The van der Waals surface area contributed by atoms with Gasteiger partial charge in [-0.1, -0.05) is 0 Å². The van der Waals surface area contributed by atoms with Crippen LogP contribution in [0.15, 0.2) is 18.3 Å². The molecule has 0 fully saturated rings. The van der Waals surface area contributed by atoms with Crippen LogP contribution in [-0.4, -0.2) is 14.3 Å². The van der Waals surface area contributed by atoms with Gasteiger partial charge in [-0.05, 0) is 12.1 Å². The fourth-order valence-corrected chi connectivity index (χ4v) is 1.08. The highest BCUT2D eigenvalue weighted by atomic mass is 35.5. The van der Waals surface area contributed by atoms with Gasteiger partial charge < -0.3 is 0 Å². The van der Waals surface area contributed by atoms with Crippen LogP contribution in [0.2, 0.25) is 0 Å². The molecule has 0 amide bonds. The second-order valence-corrected chi connectivity index (χ2v) is 2.35. The third-order valence-corrected chi connectivity index (χ3v) is 1.60. The van der Waals surface area contributed by atoms with Crippen molar-refractivity contribution in [1.82, 2.24) is 14.3 Å². The highest BCUT2D eigenvalue weighted by molar-refractivity contribution is 6.17. The maximum absolute atomic E-state index is 12.8. The molecular formula is C6H3ClFN3. The number of rotatable bonds is 0. The lowest BCUT2D eigenvalue weighted by molar-refractivity contribution is 0.582. The Morgan fingerprint density at radius 3 is 3.09 bits per heavy atom. The topological polar surface area (TPSA) is 30.7 Å². The van der Waals surface area contributed by atoms with Gasteiger partial charge in [-0.3, -0.25) is 0 Å². The summed E-state index contributed by atoms with van der Waals surface area (Å²) < 4.78 is 13.6. The van der Waals surface area contributed by atoms with Gasteiger partial charge in [-0.2, -0.15) is 8.59 Å². The Labute approximate surface area is 66.5 Å². The first kappa shape index (κ1) is 6.54. The van der Waals surface area contributed by atoms with Crippen molar-refractivity contribution in [2.75, 3.05) is 0 Å². The number of nitrogens with zero attached hydrogens (tertiary/aromatic N) is 3. The Bertz CT molecular complexity index is 362. The highest BCUT2D eigenvalue weighted by Crippen LogP contribution is 2.14. The molecule has 56 valence electrons. The summed E-state index contributed by atoms with van der Waals surface area (Å²) >= 11 is 5.48. The van der Waals surface area contributed by atoms with E-state index in [2.05, 4.69) is 10.1 Å². The summed E-state index contributed by atoms with van der Waals surface area (Å²) in [6, 6.07) is 3.20. The van der Waals surface area contributed by atoms with Crippen LogP contribution in [0.1, 0.15) is 0 Å². The van der Waals surface area contributed by atoms with Gasteiger partial charge in [-0.25, -0.2) is 4.98 Å². The molecule has 0 N–H and O–H groups in total. The van der Waals surface area contributed by atoms with Crippen LogP contribution in [0.25, 0.3) is 11.0 Å². The van der Waals surface area contributed by atoms with Gasteiger partial charge in [0.15, 0.2) is 5.65 Å². The maximum atomic E-state index is 12.8. The van der Waals surface area contributed by atoms with E-state index in [4.69, 9.17) is 11.8 Å². The van der Waals surface area contributed by atoms with Crippen molar-refractivity contribution in [3.8, 4) is 0 Å². The molecule has 11 heavy (non-hydrogen) atoms. The first-order valence-corrected chi connectivity index (χ1v) is 3.28. The normalized spacial score (nSPS) is 10.7. The monoisotopic (exact) mass is 171 g/mol. The van der Waals surface area contributed by atoms with Crippen molar-refractivity contribution in [2.45, 2.75) is 0 Å². The van der Waals surface area contributed by atoms with Crippen LogP contribution in [0, 0.1) is 5.95 Å². The number of fused-ring (bicyclic) bond motifs is 1. The quantitative estimate of drug-likeness (QED) is 0.603. The second kappa shape index (κ2) is 2.17. The van der Waals surface area contributed by atoms with Crippen molar-refractivity contribution in [2.24, 2.45) is 0 Å². The zero-order valence-electron chi connectivity index (χ0n) is 5.33. The van der Waals surface area contributed by atoms with E-state index in [0.29, 0.717) is 11.0 Å². The fourth-order valence-electron chi connectivity index (χ4n) is 0.883. The zero-order chi connectivity index (χ0) is 7.84. The van der Waals surface area contributed by atoms with Crippen LogP contribution in [0.3, 0.4) is 0 Å². The van der Waals surface area contributed by atoms with Crippen molar-refractivity contribution >= 4 is 22.8 Å². The Morgan fingerprint density at radius 2 is 2.36 bits per heavy atom. The molecule has 0 aliphatic rings. The van der Waals surface area contributed by atoms with E-state index in [9.17, 15) is 4.39 Å². The molecule has 0 atom stereocenters.